The van der Waals surface area contributed by atoms with E-state index in [2.05, 4.69) is 15.5 Å². The topological polar surface area (TPSA) is 85.0 Å². The Morgan fingerprint density at radius 2 is 2.23 bits per heavy atom. The Balaban J connectivity index is 2.10. The van der Waals surface area contributed by atoms with Gasteiger partial charge in [-0.25, -0.2) is 9.78 Å². The number of halogens is 3. The normalized spacial score (nSPS) is 13.0. The van der Waals surface area contributed by atoms with Crippen molar-refractivity contribution in [2.24, 2.45) is 7.05 Å². The summed E-state index contributed by atoms with van der Waals surface area (Å²) in [4.78, 5) is 15.4. The van der Waals surface area contributed by atoms with Crippen molar-refractivity contribution < 1.29 is 22.5 Å². The number of alkyl halides is 3. The lowest BCUT2D eigenvalue weighted by Gasteiger charge is -2.21. The van der Waals surface area contributed by atoms with Crippen LogP contribution in [0.2, 0.25) is 0 Å². The first-order valence-corrected chi connectivity index (χ1v) is 6.38. The van der Waals surface area contributed by atoms with E-state index in [0.29, 0.717) is 12.2 Å². The van der Waals surface area contributed by atoms with Gasteiger partial charge in [-0.15, -0.1) is 0 Å². The van der Waals surface area contributed by atoms with Gasteiger partial charge in [0.15, 0.2) is 11.9 Å². The lowest BCUT2D eigenvalue weighted by Crippen LogP contribution is -2.41. The maximum absolute atomic E-state index is 13.1. The van der Waals surface area contributed by atoms with Gasteiger partial charge in [-0.1, -0.05) is 12.1 Å². The van der Waals surface area contributed by atoms with Gasteiger partial charge in [0.1, 0.15) is 11.6 Å². The summed E-state index contributed by atoms with van der Waals surface area (Å²) in [6.07, 6.45) is -1.55. The Labute approximate surface area is 123 Å². The Morgan fingerprint density at radius 3 is 2.73 bits per heavy atom. The van der Waals surface area contributed by atoms with Gasteiger partial charge >= 0.3 is 12.2 Å². The molecule has 0 aliphatic carbocycles. The zero-order chi connectivity index (χ0) is 16.3. The minimum absolute atomic E-state index is 0.0371. The summed E-state index contributed by atoms with van der Waals surface area (Å²) in [5.74, 6) is 0.221. The molecule has 2 amide bonds. The van der Waals surface area contributed by atoms with E-state index in [4.69, 9.17) is 4.52 Å². The van der Waals surface area contributed by atoms with Crippen LogP contribution < -0.4 is 10.6 Å². The molecule has 0 radical (unpaired) electrons. The van der Waals surface area contributed by atoms with Crippen molar-refractivity contribution in [1.29, 1.82) is 0 Å². The zero-order valence-electron chi connectivity index (χ0n) is 11.8. The molecule has 22 heavy (non-hydrogen) atoms. The van der Waals surface area contributed by atoms with Crippen molar-refractivity contribution in [3.63, 3.8) is 0 Å². The monoisotopic (exact) mass is 317 g/mol. The van der Waals surface area contributed by atoms with Crippen molar-refractivity contribution in [3.8, 4) is 0 Å². The number of aryl methyl sites for hydroxylation is 2. The second-order valence-corrected chi connectivity index (χ2v) is 4.50. The molecule has 0 aromatic carbocycles. The summed E-state index contributed by atoms with van der Waals surface area (Å²) < 4.78 is 45.3. The maximum atomic E-state index is 13.1. The van der Waals surface area contributed by atoms with Crippen molar-refractivity contribution in [1.82, 2.24) is 20.0 Å². The molecule has 1 unspecified atom stereocenters. The highest BCUT2D eigenvalue weighted by molar-refractivity contribution is 5.88. The van der Waals surface area contributed by atoms with Crippen LogP contribution >= 0.6 is 0 Å². The SMILES string of the molecule is CCc1cc(NC(=O)NC(c2nccn2C)C(F)(F)F)no1. The van der Waals surface area contributed by atoms with Crippen LogP contribution in [0.15, 0.2) is 23.0 Å². The zero-order valence-corrected chi connectivity index (χ0v) is 11.8. The second kappa shape index (κ2) is 6.08. The Morgan fingerprint density at radius 1 is 1.50 bits per heavy atom. The van der Waals surface area contributed by atoms with E-state index in [-0.39, 0.29) is 11.6 Å². The first-order valence-electron chi connectivity index (χ1n) is 6.38. The molecule has 2 aromatic heterocycles. The highest BCUT2D eigenvalue weighted by Crippen LogP contribution is 2.31. The number of rotatable bonds is 4. The maximum Gasteiger partial charge on any atom is 0.416 e. The molecule has 0 spiro atoms. The summed E-state index contributed by atoms with van der Waals surface area (Å²) in [7, 11) is 1.41. The van der Waals surface area contributed by atoms with Crippen LogP contribution in [0.25, 0.3) is 0 Å². The molecule has 0 fully saturated rings. The van der Waals surface area contributed by atoms with Crippen molar-refractivity contribution in [3.05, 3.63) is 30.0 Å². The average Bonchev–Trinajstić information content (AvgIpc) is 3.03. The van der Waals surface area contributed by atoms with Gasteiger partial charge < -0.3 is 14.4 Å². The molecule has 0 saturated heterocycles. The van der Waals surface area contributed by atoms with Crippen molar-refractivity contribution in [2.75, 3.05) is 5.32 Å². The first kappa shape index (κ1) is 15.9. The van der Waals surface area contributed by atoms with Crippen LogP contribution in [-0.4, -0.2) is 26.9 Å². The molecule has 2 rings (SSSR count). The minimum atomic E-state index is -4.69. The Bertz CT molecular complexity index is 649. The molecule has 7 nitrogen and oxygen atoms in total. The van der Waals surface area contributed by atoms with Crippen LogP contribution in [0, 0.1) is 0 Å². The number of nitrogens with one attached hydrogen (secondary N) is 2. The Hall–Kier alpha value is -2.52. The van der Waals surface area contributed by atoms with E-state index in [1.165, 1.54) is 30.1 Å². The largest absolute Gasteiger partial charge is 0.416 e. The number of hydrogen-bond donors (Lipinski definition) is 2. The summed E-state index contributed by atoms with van der Waals surface area (Å²) in [6.45, 7) is 1.81. The third-order valence-corrected chi connectivity index (χ3v) is 2.87. The van der Waals surface area contributed by atoms with Crippen LogP contribution in [0.5, 0.6) is 0 Å². The van der Waals surface area contributed by atoms with E-state index < -0.39 is 18.2 Å². The third kappa shape index (κ3) is 3.57. The number of carbonyl (C=O) groups is 1. The first-order chi connectivity index (χ1) is 10.3. The number of imidazole rings is 1. The summed E-state index contributed by atoms with van der Waals surface area (Å²) >= 11 is 0. The van der Waals surface area contributed by atoms with Gasteiger partial charge in [-0.2, -0.15) is 13.2 Å². The van der Waals surface area contributed by atoms with Crippen LogP contribution in [-0.2, 0) is 13.5 Å². The highest BCUT2D eigenvalue weighted by atomic mass is 19.4. The van der Waals surface area contributed by atoms with E-state index in [1.807, 2.05) is 12.2 Å². The molecule has 0 saturated carbocycles. The molecule has 2 N–H and O–H groups in total. The molecule has 0 bridgehead atoms. The lowest BCUT2D eigenvalue weighted by molar-refractivity contribution is -0.156. The van der Waals surface area contributed by atoms with E-state index in [1.54, 1.807) is 0 Å². The van der Waals surface area contributed by atoms with Gasteiger partial charge in [0.2, 0.25) is 0 Å². The summed E-state index contributed by atoms with van der Waals surface area (Å²) in [5.41, 5.74) is 0. The predicted octanol–water partition coefficient (Wildman–Crippen LogP) is 2.40. The number of aromatic nitrogens is 3. The fraction of sp³-hybridized carbons (Fsp3) is 0.417. The van der Waals surface area contributed by atoms with Gasteiger partial charge in [-0.3, -0.25) is 5.32 Å². The number of amides is 2. The molecule has 0 aliphatic rings. The van der Waals surface area contributed by atoms with Crippen LogP contribution in [0.3, 0.4) is 0 Å². The Kier molecular flexibility index (Phi) is 4.38. The number of anilines is 1. The van der Waals surface area contributed by atoms with E-state index in [0.717, 1.165) is 0 Å². The number of hydrogen-bond acceptors (Lipinski definition) is 4. The predicted molar refractivity (Wildman–Crippen MR) is 70.0 cm³/mol. The molecule has 120 valence electrons. The number of nitrogens with zero attached hydrogens (tertiary/aromatic N) is 3. The van der Waals surface area contributed by atoms with E-state index in [9.17, 15) is 18.0 Å². The summed E-state index contributed by atoms with van der Waals surface area (Å²) in [6, 6.07) is -1.85. The van der Waals surface area contributed by atoms with Gasteiger partial charge in [-0.05, 0) is 0 Å². The van der Waals surface area contributed by atoms with Crippen LogP contribution in [0.1, 0.15) is 24.6 Å². The molecule has 2 heterocycles. The smallest absolute Gasteiger partial charge is 0.359 e. The highest BCUT2D eigenvalue weighted by Gasteiger charge is 2.44. The average molecular weight is 317 g/mol. The number of urea groups is 1. The number of carbonyl (C=O) groups excluding carboxylic acids is 1. The summed E-state index contributed by atoms with van der Waals surface area (Å²) in [5, 5.41) is 7.55. The quantitative estimate of drug-likeness (QED) is 0.907. The van der Waals surface area contributed by atoms with Crippen molar-refractivity contribution >= 4 is 11.8 Å². The fourth-order valence-electron chi connectivity index (χ4n) is 1.77. The lowest BCUT2D eigenvalue weighted by atomic mass is 10.2. The van der Waals surface area contributed by atoms with Gasteiger partial charge in [0.25, 0.3) is 0 Å². The fourth-order valence-corrected chi connectivity index (χ4v) is 1.77. The minimum Gasteiger partial charge on any atom is -0.359 e. The molecular formula is C12H14F3N5O2. The van der Waals surface area contributed by atoms with Crippen molar-refractivity contribution in [2.45, 2.75) is 25.6 Å². The van der Waals surface area contributed by atoms with Gasteiger partial charge in [0.05, 0.1) is 0 Å². The standard InChI is InChI=1S/C12H14F3N5O2/c1-3-7-6-8(19-22-7)17-11(21)18-9(12(13,14)15)10-16-4-5-20(10)2/h4-6,9H,3H2,1-2H3,(H2,17,18,19,21). The molecule has 1 atom stereocenters. The molecule has 2 aromatic rings. The van der Waals surface area contributed by atoms with Crippen LogP contribution in [0.4, 0.5) is 23.8 Å². The van der Waals surface area contributed by atoms with Gasteiger partial charge in [0, 0.05) is 31.9 Å². The third-order valence-electron chi connectivity index (χ3n) is 2.87. The molecular weight excluding hydrogens is 303 g/mol. The second-order valence-electron chi connectivity index (χ2n) is 4.50. The molecule has 10 heteroatoms. The molecule has 0 aliphatic heterocycles. The van der Waals surface area contributed by atoms with E-state index >= 15 is 0 Å².